The van der Waals surface area contributed by atoms with Gasteiger partial charge in [0.25, 0.3) is 5.91 Å². The summed E-state index contributed by atoms with van der Waals surface area (Å²) in [7, 11) is 0. The number of hydrogen-bond acceptors (Lipinski definition) is 6. The summed E-state index contributed by atoms with van der Waals surface area (Å²) in [5.41, 5.74) is -0.320. The molecule has 2 aliphatic heterocycles. The van der Waals surface area contributed by atoms with Crippen LogP contribution in [0.5, 0.6) is 11.5 Å². The Labute approximate surface area is 182 Å². The van der Waals surface area contributed by atoms with Gasteiger partial charge in [-0.3, -0.25) is 14.5 Å². The Morgan fingerprint density at radius 1 is 1.26 bits per heavy atom. The van der Waals surface area contributed by atoms with Gasteiger partial charge in [-0.1, -0.05) is 23.7 Å². The number of fused-ring (bicyclic) bond motifs is 1. The van der Waals surface area contributed by atoms with Gasteiger partial charge in [0.05, 0.1) is 22.3 Å². The molecule has 0 aliphatic carbocycles. The fraction of sp³-hybridized carbons (Fsp3) is 0.238. The highest BCUT2D eigenvalue weighted by molar-refractivity contribution is 6.34. The number of benzene rings is 2. The summed E-state index contributed by atoms with van der Waals surface area (Å²) < 4.78 is 10.9. The van der Waals surface area contributed by atoms with Crippen molar-refractivity contribution >= 4 is 35.1 Å². The summed E-state index contributed by atoms with van der Waals surface area (Å²) in [5.74, 6) is -0.308. The first kappa shape index (κ1) is 20.5. The highest BCUT2D eigenvalue weighted by Gasteiger charge is 2.49. The van der Waals surface area contributed by atoms with Crippen molar-refractivity contribution in [3.05, 3.63) is 52.5 Å². The average molecular weight is 441 g/mol. The van der Waals surface area contributed by atoms with E-state index in [1.54, 1.807) is 18.2 Å². The molecule has 2 heterocycles. The molecular weight excluding hydrogens is 424 g/mol. The third kappa shape index (κ3) is 3.73. The summed E-state index contributed by atoms with van der Waals surface area (Å²) in [6.07, 6.45) is 0. The lowest BCUT2D eigenvalue weighted by Gasteiger charge is -2.22. The minimum atomic E-state index is -1.39. The number of rotatable bonds is 4. The summed E-state index contributed by atoms with van der Waals surface area (Å²) in [5, 5.41) is 14.5. The summed E-state index contributed by atoms with van der Waals surface area (Å²) in [4.78, 5) is 38.9. The lowest BCUT2D eigenvalue weighted by atomic mass is 9.91. The van der Waals surface area contributed by atoms with Crippen LogP contribution in [0.4, 0.5) is 10.5 Å². The molecule has 2 aromatic carbocycles. The molecule has 158 valence electrons. The van der Waals surface area contributed by atoms with Gasteiger partial charge in [0, 0.05) is 12.1 Å². The van der Waals surface area contributed by atoms with E-state index in [1.165, 1.54) is 25.1 Å². The van der Waals surface area contributed by atoms with Crippen LogP contribution < -0.4 is 20.1 Å². The number of carbonyl (C=O) groups is 3. The zero-order valence-electron chi connectivity index (χ0n) is 16.4. The molecule has 2 aliphatic rings. The van der Waals surface area contributed by atoms with Crippen LogP contribution in [-0.4, -0.2) is 42.5 Å². The van der Waals surface area contributed by atoms with Gasteiger partial charge in [0.1, 0.15) is 25.3 Å². The summed E-state index contributed by atoms with van der Waals surface area (Å²) in [6.45, 7) is 1.79. The number of carbonyl (C=O) groups excluding carboxylic acids is 3. The largest absolute Gasteiger partial charge is 0.486 e. The van der Waals surface area contributed by atoms with Gasteiger partial charge >= 0.3 is 6.03 Å². The van der Waals surface area contributed by atoms with Crippen molar-refractivity contribution < 1.29 is 23.9 Å². The topological polar surface area (TPSA) is 121 Å². The summed E-state index contributed by atoms with van der Waals surface area (Å²) in [6, 6.07) is 10.7. The minimum absolute atomic E-state index is 0.230. The van der Waals surface area contributed by atoms with E-state index in [4.69, 9.17) is 26.3 Å². The Bertz CT molecular complexity index is 1150. The number of ether oxygens (including phenoxy) is 2. The first-order valence-corrected chi connectivity index (χ1v) is 9.73. The number of imide groups is 1. The van der Waals surface area contributed by atoms with Crippen LogP contribution in [0.3, 0.4) is 0 Å². The molecule has 0 bridgehead atoms. The molecule has 1 fully saturated rings. The number of amides is 4. The second-order valence-corrected chi connectivity index (χ2v) is 7.57. The molecule has 2 N–H and O–H groups in total. The number of nitriles is 1. The van der Waals surface area contributed by atoms with E-state index in [-0.39, 0.29) is 10.7 Å². The van der Waals surface area contributed by atoms with Gasteiger partial charge < -0.3 is 20.1 Å². The van der Waals surface area contributed by atoms with Gasteiger partial charge in [-0.25, -0.2) is 4.79 Å². The Morgan fingerprint density at radius 3 is 2.68 bits per heavy atom. The van der Waals surface area contributed by atoms with E-state index < -0.39 is 29.9 Å². The van der Waals surface area contributed by atoms with E-state index in [0.717, 1.165) is 4.90 Å². The van der Waals surface area contributed by atoms with Crippen molar-refractivity contribution in [2.45, 2.75) is 12.5 Å². The quantitative estimate of drug-likeness (QED) is 0.704. The zero-order chi connectivity index (χ0) is 22.2. The smallest absolute Gasteiger partial charge is 0.325 e. The van der Waals surface area contributed by atoms with Crippen LogP contribution >= 0.6 is 11.6 Å². The van der Waals surface area contributed by atoms with Crippen molar-refractivity contribution in [1.82, 2.24) is 10.2 Å². The van der Waals surface area contributed by atoms with Crippen molar-refractivity contribution in [1.29, 1.82) is 5.26 Å². The lowest BCUT2D eigenvalue weighted by molar-refractivity contribution is -0.133. The van der Waals surface area contributed by atoms with E-state index in [2.05, 4.69) is 10.6 Å². The normalized spacial score (nSPS) is 19.6. The van der Waals surface area contributed by atoms with Crippen LogP contribution in [-0.2, 0) is 15.1 Å². The predicted molar refractivity (Wildman–Crippen MR) is 110 cm³/mol. The Hall–Kier alpha value is -3.77. The Morgan fingerprint density at radius 2 is 1.97 bits per heavy atom. The first-order valence-electron chi connectivity index (χ1n) is 9.35. The fourth-order valence-corrected chi connectivity index (χ4v) is 3.63. The third-order valence-corrected chi connectivity index (χ3v) is 5.36. The van der Waals surface area contributed by atoms with Crippen LogP contribution in [0.15, 0.2) is 36.4 Å². The van der Waals surface area contributed by atoms with Gasteiger partial charge in [-0.05, 0) is 24.6 Å². The monoisotopic (exact) mass is 440 g/mol. The highest BCUT2D eigenvalue weighted by atomic mass is 35.5. The van der Waals surface area contributed by atoms with Gasteiger partial charge in [0.2, 0.25) is 5.91 Å². The molecule has 31 heavy (non-hydrogen) atoms. The standard InChI is InChI=1S/C21H17ClN4O5/c1-21(13-4-2-3-12(7-13)10-23)19(28)26(20(29)25-21)11-18(27)24-15-9-17-16(8-14(15)22)30-5-6-31-17/h2-4,7-9H,5-6,11H2,1H3,(H,24,27)(H,25,29). The molecule has 4 rings (SSSR count). The molecule has 9 nitrogen and oxygen atoms in total. The van der Waals surface area contributed by atoms with Gasteiger partial charge in [-0.15, -0.1) is 0 Å². The van der Waals surface area contributed by atoms with Crippen molar-refractivity contribution in [3.8, 4) is 17.6 Å². The second kappa shape index (κ2) is 7.81. The second-order valence-electron chi connectivity index (χ2n) is 7.16. The fourth-order valence-electron chi connectivity index (χ4n) is 3.43. The molecular formula is C21H17ClN4O5. The van der Waals surface area contributed by atoms with Crippen molar-refractivity contribution in [3.63, 3.8) is 0 Å². The molecule has 0 saturated carbocycles. The Balaban J connectivity index is 1.51. The Kier molecular flexibility index (Phi) is 5.17. The predicted octanol–water partition coefficient (Wildman–Crippen LogP) is 2.39. The summed E-state index contributed by atoms with van der Waals surface area (Å²) >= 11 is 6.20. The first-order chi connectivity index (χ1) is 14.8. The SMILES string of the molecule is CC1(c2cccc(C#N)c2)NC(=O)N(CC(=O)Nc2cc3c(cc2Cl)OCCO3)C1=O. The molecule has 1 atom stereocenters. The number of nitrogens with one attached hydrogen (secondary N) is 2. The molecule has 1 unspecified atom stereocenters. The van der Waals surface area contributed by atoms with Crippen LogP contribution in [0.25, 0.3) is 0 Å². The molecule has 0 aromatic heterocycles. The van der Waals surface area contributed by atoms with Crippen LogP contribution in [0.2, 0.25) is 5.02 Å². The number of anilines is 1. The van der Waals surface area contributed by atoms with E-state index in [0.29, 0.717) is 35.8 Å². The van der Waals surface area contributed by atoms with Gasteiger partial charge in [-0.2, -0.15) is 5.26 Å². The molecule has 2 aromatic rings. The maximum atomic E-state index is 13.0. The molecule has 4 amide bonds. The zero-order valence-corrected chi connectivity index (χ0v) is 17.2. The van der Waals surface area contributed by atoms with E-state index >= 15 is 0 Å². The number of nitrogens with zero attached hydrogens (tertiary/aromatic N) is 2. The minimum Gasteiger partial charge on any atom is -0.486 e. The van der Waals surface area contributed by atoms with Crippen molar-refractivity contribution in [2.24, 2.45) is 0 Å². The number of urea groups is 1. The van der Waals surface area contributed by atoms with E-state index in [1.807, 2.05) is 6.07 Å². The molecule has 0 radical (unpaired) electrons. The number of hydrogen-bond donors (Lipinski definition) is 2. The van der Waals surface area contributed by atoms with E-state index in [9.17, 15) is 14.4 Å². The van der Waals surface area contributed by atoms with Crippen LogP contribution in [0.1, 0.15) is 18.1 Å². The highest BCUT2D eigenvalue weighted by Crippen LogP contribution is 2.38. The molecule has 0 spiro atoms. The van der Waals surface area contributed by atoms with Crippen molar-refractivity contribution in [2.75, 3.05) is 25.1 Å². The number of halogens is 1. The lowest BCUT2D eigenvalue weighted by Crippen LogP contribution is -2.42. The van der Waals surface area contributed by atoms with Gasteiger partial charge in [0.15, 0.2) is 11.5 Å². The average Bonchev–Trinajstić information content (AvgIpc) is 2.98. The maximum Gasteiger partial charge on any atom is 0.325 e. The third-order valence-electron chi connectivity index (χ3n) is 5.05. The molecule has 1 saturated heterocycles. The molecule has 10 heteroatoms. The van der Waals surface area contributed by atoms with Crippen LogP contribution in [0, 0.1) is 11.3 Å². The maximum absolute atomic E-state index is 13.0.